The number of aryl methyl sites for hydroxylation is 1. The molecule has 0 amide bonds. The van der Waals surface area contributed by atoms with Gasteiger partial charge in [-0.25, -0.2) is 9.97 Å². The van der Waals surface area contributed by atoms with Gasteiger partial charge in [0, 0.05) is 29.9 Å². The number of benzene rings is 1. The molecule has 0 fully saturated rings. The van der Waals surface area contributed by atoms with Gasteiger partial charge in [-0.15, -0.1) is 0 Å². The molecule has 3 rings (SSSR count). The number of hydrogen-bond acceptors (Lipinski definition) is 3. The van der Waals surface area contributed by atoms with Crippen LogP contribution in [0.4, 0.5) is 0 Å². The van der Waals surface area contributed by atoms with E-state index < -0.39 is 0 Å². The second-order valence-electron chi connectivity index (χ2n) is 4.74. The van der Waals surface area contributed by atoms with Gasteiger partial charge in [0.25, 0.3) is 0 Å². The number of rotatable bonds is 3. The first-order valence-electron chi connectivity index (χ1n) is 6.48. The van der Waals surface area contributed by atoms with Crippen LogP contribution in [-0.2, 0) is 6.54 Å². The van der Waals surface area contributed by atoms with Crippen molar-refractivity contribution in [2.24, 2.45) is 5.73 Å². The third kappa shape index (κ3) is 2.28. The highest BCUT2D eigenvalue weighted by atomic mass is 35.5. The predicted octanol–water partition coefficient (Wildman–Crippen LogP) is 3.02. The molecule has 0 saturated heterocycles. The summed E-state index contributed by atoms with van der Waals surface area (Å²) < 4.78 is 2.05. The monoisotopic (exact) mass is 286 g/mol. The normalized spacial score (nSPS) is 11.2. The van der Waals surface area contributed by atoms with E-state index in [2.05, 4.69) is 9.55 Å². The minimum absolute atomic E-state index is 0.543. The molecule has 1 aromatic carbocycles. The van der Waals surface area contributed by atoms with Crippen molar-refractivity contribution in [1.29, 1.82) is 0 Å². The van der Waals surface area contributed by atoms with Crippen LogP contribution in [0.1, 0.15) is 5.56 Å². The van der Waals surface area contributed by atoms with Gasteiger partial charge in [-0.3, -0.25) is 0 Å². The summed E-state index contributed by atoms with van der Waals surface area (Å²) in [7, 11) is 0. The average Bonchev–Trinajstić information content (AvgIpc) is 2.78. The lowest BCUT2D eigenvalue weighted by molar-refractivity contribution is 0.729. The molecule has 3 aromatic rings. The van der Waals surface area contributed by atoms with Crippen molar-refractivity contribution in [1.82, 2.24) is 14.5 Å². The van der Waals surface area contributed by atoms with Crippen molar-refractivity contribution < 1.29 is 0 Å². The molecule has 2 N–H and O–H groups in total. The van der Waals surface area contributed by atoms with Gasteiger partial charge in [0.05, 0.1) is 0 Å². The number of pyridine rings is 1. The first-order valence-corrected chi connectivity index (χ1v) is 6.86. The number of fused-ring (bicyclic) bond motifs is 1. The topological polar surface area (TPSA) is 56.7 Å². The van der Waals surface area contributed by atoms with Crippen LogP contribution in [0.2, 0.25) is 5.02 Å². The fraction of sp³-hybridized carbons (Fsp3) is 0.200. The van der Waals surface area contributed by atoms with Crippen LogP contribution in [0.3, 0.4) is 0 Å². The number of halogens is 1. The highest BCUT2D eigenvalue weighted by Gasteiger charge is 2.13. The van der Waals surface area contributed by atoms with Crippen molar-refractivity contribution in [3.63, 3.8) is 0 Å². The van der Waals surface area contributed by atoms with E-state index in [1.165, 1.54) is 0 Å². The van der Waals surface area contributed by atoms with Gasteiger partial charge >= 0.3 is 0 Å². The van der Waals surface area contributed by atoms with Gasteiger partial charge in [-0.05, 0) is 42.8 Å². The minimum atomic E-state index is 0.543. The van der Waals surface area contributed by atoms with E-state index in [-0.39, 0.29) is 0 Å². The molecule has 0 atom stereocenters. The van der Waals surface area contributed by atoms with Crippen molar-refractivity contribution in [2.75, 3.05) is 6.54 Å². The summed E-state index contributed by atoms with van der Waals surface area (Å²) in [6, 6.07) is 9.69. The molecule has 0 bridgehead atoms. The predicted molar refractivity (Wildman–Crippen MR) is 81.8 cm³/mol. The Hall–Kier alpha value is -1.91. The lowest BCUT2D eigenvalue weighted by Crippen LogP contribution is -2.11. The Kier molecular flexibility index (Phi) is 3.42. The number of hydrogen-bond donors (Lipinski definition) is 1. The van der Waals surface area contributed by atoms with Crippen molar-refractivity contribution in [2.45, 2.75) is 13.5 Å². The summed E-state index contributed by atoms with van der Waals surface area (Å²) in [5, 5.41) is 0.712. The van der Waals surface area contributed by atoms with E-state index in [4.69, 9.17) is 22.3 Å². The maximum absolute atomic E-state index is 5.94. The molecule has 4 nitrogen and oxygen atoms in total. The Labute approximate surface area is 122 Å². The molecule has 0 saturated carbocycles. The summed E-state index contributed by atoms with van der Waals surface area (Å²) in [5.74, 6) is 0.875. The SMILES string of the molecule is Cc1cnc2c(c1)nc(-c1ccc(Cl)cc1)n2CCN. The lowest BCUT2D eigenvalue weighted by Gasteiger charge is -2.07. The van der Waals surface area contributed by atoms with Gasteiger partial charge in [0.1, 0.15) is 11.3 Å². The van der Waals surface area contributed by atoms with Crippen LogP contribution in [0.5, 0.6) is 0 Å². The molecule has 0 spiro atoms. The molecule has 0 aliphatic heterocycles. The second-order valence-corrected chi connectivity index (χ2v) is 5.17. The zero-order valence-corrected chi connectivity index (χ0v) is 11.9. The molecule has 5 heteroatoms. The van der Waals surface area contributed by atoms with Gasteiger partial charge < -0.3 is 10.3 Å². The molecule has 20 heavy (non-hydrogen) atoms. The summed E-state index contributed by atoms with van der Waals surface area (Å²) in [6.45, 7) is 3.24. The van der Waals surface area contributed by atoms with Gasteiger partial charge in [0.2, 0.25) is 0 Å². The van der Waals surface area contributed by atoms with Gasteiger partial charge in [-0.1, -0.05) is 11.6 Å². The summed E-state index contributed by atoms with van der Waals surface area (Å²) in [4.78, 5) is 9.18. The fourth-order valence-electron chi connectivity index (χ4n) is 2.27. The average molecular weight is 287 g/mol. The van der Waals surface area contributed by atoms with Crippen LogP contribution in [0.25, 0.3) is 22.6 Å². The molecule has 102 valence electrons. The Morgan fingerprint density at radius 2 is 2.00 bits per heavy atom. The maximum atomic E-state index is 5.94. The molecule has 0 unspecified atom stereocenters. The largest absolute Gasteiger partial charge is 0.329 e. The standard InChI is InChI=1S/C15H15ClN4/c1-10-8-13-15(18-9-10)20(7-6-17)14(19-13)11-2-4-12(16)5-3-11/h2-5,8-9H,6-7,17H2,1H3. The van der Waals surface area contributed by atoms with Crippen LogP contribution in [-0.4, -0.2) is 21.1 Å². The Morgan fingerprint density at radius 1 is 1.25 bits per heavy atom. The molecule has 0 aliphatic rings. The number of nitrogens with two attached hydrogens (primary N) is 1. The number of nitrogens with zero attached hydrogens (tertiary/aromatic N) is 3. The van der Waals surface area contributed by atoms with E-state index in [0.29, 0.717) is 18.1 Å². The Bertz CT molecular complexity index is 746. The maximum Gasteiger partial charge on any atom is 0.160 e. The van der Waals surface area contributed by atoms with E-state index in [0.717, 1.165) is 28.1 Å². The Balaban J connectivity index is 2.22. The van der Waals surface area contributed by atoms with E-state index in [9.17, 15) is 0 Å². The van der Waals surface area contributed by atoms with Crippen LogP contribution < -0.4 is 5.73 Å². The zero-order valence-electron chi connectivity index (χ0n) is 11.2. The molecular weight excluding hydrogens is 272 g/mol. The van der Waals surface area contributed by atoms with Crippen LogP contribution >= 0.6 is 11.6 Å². The molecular formula is C15H15ClN4. The first kappa shape index (κ1) is 13.1. The number of imidazole rings is 1. The fourth-order valence-corrected chi connectivity index (χ4v) is 2.40. The quantitative estimate of drug-likeness (QED) is 0.805. The lowest BCUT2D eigenvalue weighted by atomic mass is 10.2. The van der Waals surface area contributed by atoms with Crippen molar-refractivity contribution in [3.05, 3.63) is 47.1 Å². The van der Waals surface area contributed by atoms with E-state index >= 15 is 0 Å². The van der Waals surface area contributed by atoms with E-state index in [1.807, 2.05) is 43.5 Å². The van der Waals surface area contributed by atoms with Crippen molar-refractivity contribution in [3.8, 4) is 11.4 Å². The second kappa shape index (κ2) is 5.23. The third-order valence-corrected chi connectivity index (χ3v) is 3.43. The molecule has 0 aliphatic carbocycles. The highest BCUT2D eigenvalue weighted by Crippen LogP contribution is 2.25. The van der Waals surface area contributed by atoms with Crippen LogP contribution in [0.15, 0.2) is 36.5 Å². The van der Waals surface area contributed by atoms with Gasteiger partial charge in [0.15, 0.2) is 5.65 Å². The van der Waals surface area contributed by atoms with Crippen molar-refractivity contribution >= 4 is 22.8 Å². The smallest absolute Gasteiger partial charge is 0.160 e. The van der Waals surface area contributed by atoms with E-state index in [1.54, 1.807) is 0 Å². The van der Waals surface area contributed by atoms with Gasteiger partial charge in [-0.2, -0.15) is 0 Å². The molecule has 2 heterocycles. The first-order chi connectivity index (χ1) is 9.69. The summed E-state index contributed by atoms with van der Waals surface area (Å²) >= 11 is 5.94. The highest BCUT2D eigenvalue weighted by molar-refractivity contribution is 6.30. The summed E-state index contributed by atoms with van der Waals surface area (Å²) in [5.41, 5.74) is 9.58. The minimum Gasteiger partial charge on any atom is -0.329 e. The zero-order chi connectivity index (χ0) is 14.1. The Morgan fingerprint density at radius 3 is 2.70 bits per heavy atom. The molecule has 2 aromatic heterocycles. The summed E-state index contributed by atoms with van der Waals surface area (Å²) in [6.07, 6.45) is 1.85. The third-order valence-electron chi connectivity index (χ3n) is 3.18. The van der Waals surface area contributed by atoms with Crippen LogP contribution in [0, 0.1) is 6.92 Å². The number of aromatic nitrogens is 3. The molecule has 0 radical (unpaired) electrons.